The first-order valence-electron chi connectivity index (χ1n) is 13.6. The predicted octanol–water partition coefficient (Wildman–Crippen LogP) is -1.12. The van der Waals surface area contributed by atoms with Gasteiger partial charge in [-0.15, -0.1) is 0 Å². The van der Waals surface area contributed by atoms with Gasteiger partial charge in [-0.1, -0.05) is 0 Å². The summed E-state index contributed by atoms with van der Waals surface area (Å²) in [6.07, 6.45) is -14.0. The molecule has 2 heterocycles. The van der Waals surface area contributed by atoms with Crippen molar-refractivity contribution in [1.29, 1.82) is 0 Å². The van der Waals surface area contributed by atoms with Crippen LogP contribution in [0.4, 0.5) is 0 Å². The van der Waals surface area contributed by atoms with Crippen LogP contribution < -0.4 is 10.2 Å². The number of hydrogen-bond acceptors (Lipinski definition) is 14. The van der Waals surface area contributed by atoms with Crippen molar-refractivity contribution in [3.63, 3.8) is 0 Å². The van der Waals surface area contributed by atoms with Crippen LogP contribution in [0.1, 0.15) is 18.1 Å². The minimum Gasteiger partial charge on any atom is -0.508 e. The van der Waals surface area contributed by atoms with E-state index in [1.807, 2.05) is 0 Å². The lowest BCUT2D eigenvalue weighted by atomic mass is 9.80. The van der Waals surface area contributed by atoms with Crippen molar-refractivity contribution in [2.75, 3.05) is 20.3 Å². The Kier molecular flexibility index (Phi) is 8.94. The van der Waals surface area contributed by atoms with Gasteiger partial charge in [-0.25, -0.2) is 0 Å². The third-order valence-electron chi connectivity index (χ3n) is 8.18. The highest BCUT2D eigenvalue weighted by atomic mass is 16.6. The number of ether oxygens (including phenoxy) is 3. The number of hydrogen-bond donors (Lipinski definition) is 9. The van der Waals surface area contributed by atoms with Gasteiger partial charge in [0.05, 0.1) is 31.5 Å². The largest absolute Gasteiger partial charge is 0.508 e. The molecule has 2 fully saturated rings. The van der Waals surface area contributed by atoms with Gasteiger partial charge in [-0.05, 0) is 30.7 Å². The fourth-order valence-electron chi connectivity index (χ4n) is 5.80. The number of fused-ring (bicyclic) bond motifs is 1. The first-order valence-corrected chi connectivity index (χ1v) is 13.6. The molecular formula is C29H34O14. The zero-order chi connectivity index (χ0) is 31.2. The molecule has 1 aromatic heterocycles. The number of methoxy groups -OCH3 is 1. The molecule has 14 heteroatoms. The SMILES string of the molecule is COc1cc2oc(-c3ccc(O)cc3)cc(=O)c2c(O)c1C1OC(CO)C(OC2CC(CO)C(O)C(O)C2O)C(O)C1O. The Labute approximate surface area is 244 Å². The smallest absolute Gasteiger partial charge is 0.197 e. The predicted molar refractivity (Wildman–Crippen MR) is 146 cm³/mol. The van der Waals surface area contributed by atoms with Gasteiger partial charge in [0.15, 0.2) is 5.43 Å². The molecule has 1 aliphatic carbocycles. The van der Waals surface area contributed by atoms with E-state index >= 15 is 0 Å². The van der Waals surface area contributed by atoms with Crippen LogP contribution in [0.3, 0.4) is 0 Å². The highest BCUT2D eigenvalue weighted by Crippen LogP contribution is 2.46. The van der Waals surface area contributed by atoms with E-state index in [0.717, 1.165) is 6.07 Å². The Hall–Kier alpha value is -3.31. The summed E-state index contributed by atoms with van der Waals surface area (Å²) in [5, 5.41) is 93.3. The van der Waals surface area contributed by atoms with Crippen molar-refractivity contribution in [2.24, 2.45) is 5.92 Å². The summed E-state index contributed by atoms with van der Waals surface area (Å²) in [7, 11) is 1.26. The number of rotatable bonds is 7. The minimum atomic E-state index is -1.82. The molecule has 0 spiro atoms. The summed E-state index contributed by atoms with van der Waals surface area (Å²) in [5.74, 6) is -1.43. The molecule has 10 atom stereocenters. The van der Waals surface area contributed by atoms with Crippen molar-refractivity contribution >= 4 is 11.0 Å². The van der Waals surface area contributed by atoms with Gasteiger partial charge in [0.1, 0.15) is 76.7 Å². The van der Waals surface area contributed by atoms with Crippen molar-refractivity contribution in [3.8, 4) is 28.6 Å². The van der Waals surface area contributed by atoms with E-state index in [1.165, 1.54) is 37.4 Å². The first kappa shape index (κ1) is 31.1. The number of phenols is 2. The highest BCUT2D eigenvalue weighted by Gasteiger charge is 2.51. The van der Waals surface area contributed by atoms with Crippen molar-refractivity contribution < 1.29 is 64.6 Å². The van der Waals surface area contributed by atoms with Crippen LogP contribution in [-0.4, -0.2) is 115 Å². The normalized spacial score (nSPS) is 33.0. The lowest BCUT2D eigenvalue weighted by Crippen LogP contribution is -2.61. The molecule has 0 amide bonds. The van der Waals surface area contributed by atoms with Crippen molar-refractivity contribution in [2.45, 2.75) is 61.4 Å². The van der Waals surface area contributed by atoms with E-state index in [0.29, 0.717) is 5.56 Å². The maximum Gasteiger partial charge on any atom is 0.197 e. The van der Waals surface area contributed by atoms with Crippen LogP contribution in [0.25, 0.3) is 22.3 Å². The summed E-state index contributed by atoms with van der Waals surface area (Å²) in [6, 6.07) is 8.32. The second-order valence-corrected chi connectivity index (χ2v) is 10.8. The van der Waals surface area contributed by atoms with Gasteiger partial charge in [0.25, 0.3) is 0 Å². The number of aliphatic hydroxyl groups excluding tert-OH is 7. The maximum atomic E-state index is 13.2. The molecule has 14 nitrogen and oxygen atoms in total. The van der Waals surface area contributed by atoms with Crippen LogP contribution in [0.2, 0.25) is 0 Å². The van der Waals surface area contributed by atoms with E-state index in [1.54, 1.807) is 0 Å². The molecule has 1 saturated heterocycles. The van der Waals surface area contributed by atoms with Crippen LogP contribution in [-0.2, 0) is 9.47 Å². The molecule has 2 aromatic carbocycles. The lowest BCUT2D eigenvalue weighted by molar-refractivity contribution is -0.274. The number of aliphatic hydroxyl groups is 7. The molecule has 1 aliphatic heterocycles. The average molecular weight is 607 g/mol. The van der Waals surface area contributed by atoms with E-state index in [2.05, 4.69) is 0 Å². The second kappa shape index (κ2) is 12.4. The Morgan fingerprint density at radius 3 is 2.21 bits per heavy atom. The standard InChI is InChI=1S/C29H34O14/c1-40-16-8-17-20(14(33)7-15(41-17)11-2-4-13(32)5-3-11)24(36)21(16)29-27(39)26(38)28(19(10-31)43-29)42-18-6-12(9-30)22(34)25(37)23(18)35/h2-5,7-8,12,18-19,22-23,25-32,34-39H,6,9-10H2,1H3. The fraction of sp³-hybridized carbons (Fsp3) is 0.483. The topological polar surface area (TPSA) is 240 Å². The average Bonchev–Trinajstić information content (AvgIpc) is 2.99. The van der Waals surface area contributed by atoms with Crippen LogP contribution in [0.15, 0.2) is 45.6 Å². The van der Waals surface area contributed by atoms with Gasteiger partial charge in [0, 0.05) is 30.2 Å². The molecule has 234 valence electrons. The summed E-state index contributed by atoms with van der Waals surface area (Å²) in [5.41, 5.74) is -0.452. The van der Waals surface area contributed by atoms with Crippen molar-refractivity contribution in [3.05, 3.63) is 52.2 Å². The third kappa shape index (κ3) is 5.57. The molecule has 1 saturated carbocycles. The molecule has 10 unspecified atom stereocenters. The highest BCUT2D eigenvalue weighted by molar-refractivity contribution is 5.88. The summed E-state index contributed by atoms with van der Waals surface area (Å²) >= 11 is 0. The van der Waals surface area contributed by atoms with E-state index < -0.39 is 85.2 Å². The molecule has 2 aliphatic rings. The fourth-order valence-corrected chi connectivity index (χ4v) is 5.80. The van der Waals surface area contributed by atoms with Crippen molar-refractivity contribution in [1.82, 2.24) is 0 Å². The molecular weight excluding hydrogens is 572 g/mol. The van der Waals surface area contributed by atoms with Gasteiger partial charge in [-0.2, -0.15) is 0 Å². The minimum absolute atomic E-state index is 0.0126. The summed E-state index contributed by atoms with van der Waals surface area (Å²) in [6.45, 7) is -1.27. The lowest BCUT2D eigenvalue weighted by Gasteiger charge is -2.46. The van der Waals surface area contributed by atoms with E-state index in [4.69, 9.17) is 18.6 Å². The molecule has 3 aromatic rings. The zero-order valence-corrected chi connectivity index (χ0v) is 22.9. The molecule has 5 rings (SSSR count). The molecule has 0 bridgehead atoms. The quantitative estimate of drug-likeness (QED) is 0.155. The summed E-state index contributed by atoms with van der Waals surface area (Å²) in [4.78, 5) is 13.2. The Bertz CT molecular complexity index is 1490. The van der Waals surface area contributed by atoms with Gasteiger partial charge in [0.2, 0.25) is 0 Å². The van der Waals surface area contributed by atoms with E-state index in [9.17, 15) is 50.8 Å². The van der Waals surface area contributed by atoms with E-state index in [-0.39, 0.29) is 40.2 Å². The van der Waals surface area contributed by atoms with Crippen LogP contribution >= 0.6 is 0 Å². The summed E-state index contributed by atoms with van der Waals surface area (Å²) < 4.78 is 23.0. The van der Waals surface area contributed by atoms with Gasteiger partial charge >= 0.3 is 0 Å². The van der Waals surface area contributed by atoms with Crippen LogP contribution in [0.5, 0.6) is 17.2 Å². The zero-order valence-electron chi connectivity index (χ0n) is 22.9. The molecule has 0 radical (unpaired) electrons. The van der Waals surface area contributed by atoms with Crippen LogP contribution in [0, 0.1) is 5.92 Å². The number of aromatic hydroxyl groups is 2. The second-order valence-electron chi connectivity index (χ2n) is 10.8. The Morgan fingerprint density at radius 2 is 1.58 bits per heavy atom. The molecule has 43 heavy (non-hydrogen) atoms. The Balaban J connectivity index is 1.49. The monoisotopic (exact) mass is 606 g/mol. The maximum absolute atomic E-state index is 13.2. The van der Waals surface area contributed by atoms with Gasteiger partial charge in [-0.3, -0.25) is 4.79 Å². The first-order chi connectivity index (χ1) is 20.5. The number of phenolic OH excluding ortho intramolecular Hbond substituents is 2. The Morgan fingerprint density at radius 1 is 0.884 bits per heavy atom. The van der Waals surface area contributed by atoms with Gasteiger partial charge < -0.3 is 64.6 Å². The molecule has 9 N–H and O–H groups in total. The number of benzene rings is 2. The third-order valence-corrected chi connectivity index (χ3v) is 8.18.